The number of benzene rings is 1. The largest absolute Gasteiger partial charge is 0.232 e. The van der Waals surface area contributed by atoms with Gasteiger partial charge in [0, 0.05) is 11.1 Å². The molecule has 0 amide bonds. The SMILES string of the molecule is CC(C)c1c2nc(C#N)c(C#N)nc2c(C(C)C)c2nc(C#N)c(C#N)nc12. The minimum absolute atomic E-state index is 0.0620. The number of hydrogen-bond donors (Lipinski definition) is 0. The second-order valence-corrected chi connectivity index (χ2v) is 6.82. The number of rotatable bonds is 2. The predicted molar refractivity (Wildman–Crippen MR) is 99.7 cm³/mol. The highest BCUT2D eigenvalue weighted by atomic mass is 14.9. The Labute approximate surface area is 161 Å². The molecule has 0 aliphatic carbocycles. The summed E-state index contributed by atoms with van der Waals surface area (Å²) in [5.74, 6) is -0.150. The van der Waals surface area contributed by atoms with Crippen LogP contribution >= 0.6 is 0 Å². The van der Waals surface area contributed by atoms with Gasteiger partial charge in [-0.2, -0.15) is 21.0 Å². The zero-order valence-electron chi connectivity index (χ0n) is 15.7. The Kier molecular flexibility index (Phi) is 4.58. The second kappa shape index (κ2) is 6.88. The summed E-state index contributed by atoms with van der Waals surface area (Å²) in [5.41, 5.74) is 2.96. The molecule has 3 aromatic rings. The maximum Gasteiger partial charge on any atom is 0.177 e. The predicted octanol–water partition coefficient (Wildman–Crippen LogP) is 3.31. The van der Waals surface area contributed by atoms with Crippen LogP contribution in [0.2, 0.25) is 0 Å². The van der Waals surface area contributed by atoms with Gasteiger partial charge in [-0.3, -0.25) is 0 Å². The van der Waals surface area contributed by atoms with Crippen molar-refractivity contribution in [3.05, 3.63) is 33.9 Å². The Balaban J connectivity index is 2.73. The van der Waals surface area contributed by atoms with Gasteiger partial charge in [0.05, 0.1) is 22.1 Å². The summed E-state index contributed by atoms with van der Waals surface area (Å²) in [5, 5.41) is 37.5. The van der Waals surface area contributed by atoms with Gasteiger partial charge in [-0.15, -0.1) is 0 Å². The van der Waals surface area contributed by atoms with Gasteiger partial charge in [-0.1, -0.05) is 27.7 Å². The van der Waals surface area contributed by atoms with Gasteiger partial charge in [-0.05, 0) is 11.8 Å². The lowest BCUT2D eigenvalue weighted by atomic mass is 9.91. The molecule has 3 rings (SSSR count). The fraction of sp³-hybridized carbons (Fsp3) is 0.300. The third-order valence-electron chi connectivity index (χ3n) is 4.39. The summed E-state index contributed by atoms with van der Waals surface area (Å²) in [6.07, 6.45) is 0. The molecule has 0 spiro atoms. The first-order chi connectivity index (χ1) is 13.4. The maximum absolute atomic E-state index is 9.37. The average molecular weight is 366 g/mol. The van der Waals surface area contributed by atoms with Gasteiger partial charge >= 0.3 is 0 Å². The highest BCUT2D eigenvalue weighted by Crippen LogP contribution is 2.37. The number of nitrogens with zero attached hydrogens (tertiary/aromatic N) is 8. The van der Waals surface area contributed by atoms with Crippen molar-refractivity contribution in [1.82, 2.24) is 19.9 Å². The normalized spacial score (nSPS) is 10.6. The van der Waals surface area contributed by atoms with E-state index in [2.05, 4.69) is 19.9 Å². The van der Waals surface area contributed by atoms with E-state index in [-0.39, 0.29) is 34.6 Å². The van der Waals surface area contributed by atoms with E-state index >= 15 is 0 Å². The van der Waals surface area contributed by atoms with E-state index in [4.69, 9.17) is 0 Å². The van der Waals surface area contributed by atoms with Crippen LogP contribution in [0.15, 0.2) is 0 Å². The van der Waals surface area contributed by atoms with Crippen molar-refractivity contribution >= 4 is 22.1 Å². The number of fused-ring (bicyclic) bond motifs is 2. The standard InChI is InChI=1S/C20H14N8/c1-9(2)15-17-19(27-13(7-23)11(5-21)25-17)16(10(3)4)20-18(15)26-12(6-22)14(8-24)28-20/h9-10H,1-4H3. The van der Waals surface area contributed by atoms with Crippen LogP contribution < -0.4 is 0 Å². The molecule has 0 aliphatic heterocycles. The van der Waals surface area contributed by atoms with Crippen LogP contribution in [0.5, 0.6) is 0 Å². The molecule has 8 nitrogen and oxygen atoms in total. The van der Waals surface area contributed by atoms with Gasteiger partial charge in [0.15, 0.2) is 22.8 Å². The quantitative estimate of drug-likeness (QED) is 0.627. The van der Waals surface area contributed by atoms with Crippen molar-refractivity contribution in [2.45, 2.75) is 39.5 Å². The third kappa shape index (κ3) is 2.65. The van der Waals surface area contributed by atoms with Crippen LogP contribution in [0.4, 0.5) is 0 Å². The lowest BCUT2D eigenvalue weighted by Crippen LogP contribution is -2.09. The molecule has 134 valence electrons. The van der Waals surface area contributed by atoms with Crippen molar-refractivity contribution in [2.75, 3.05) is 0 Å². The molecule has 0 atom stereocenters. The minimum Gasteiger partial charge on any atom is -0.232 e. The van der Waals surface area contributed by atoms with Crippen LogP contribution in [0.25, 0.3) is 22.1 Å². The van der Waals surface area contributed by atoms with E-state index in [0.717, 1.165) is 0 Å². The Morgan fingerprint density at radius 3 is 0.857 bits per heavy atom. The zero-order chi connectivity index (χ0) is 20.6. The maximum atomic E-state index is 9.37. The first-order valence-corrected chi connectivity index (χ1v) is 8.57. The molecule has 0 saturated heterocycles. The first-order valence-electron chi connectivity index (χ1n) is 8.57. The summed E-state index contributed by atoms with van der Waals surface area (Å²) in [6.45, 7) is 7.73. The van der Waals surface area contributed by atoms with Crippen LogP contribution in [0.1, 0.15) is 73.4 Å². The summed E-state index contributed by atoms with van der Waals surface area (Å²) >= 11 is 0. The van der Waals surface area contributed by atoms with Crippen molar-refractivity contribution < 1.29 is 0 Å². The van der Waals surface area contributed by atoms with E-state index in [1.54, 1.807) is 0 Å². The van der Waals surface area contributed by atoms with E-state index in [1.807, 2.05) is 52.0 Å². The summed E-state index contributed by atoms with van der Waals surface area (Å²) in [4.78, 5) is 17.7. The molecule has 8 heteroatoms. The van der Waals surface area contributed by atoms with Gasteiger partial charge in [0.2, 0.25) is 0 Å². The van der Waals surface area contributed by atoms with Crippen LogP contribution in [0.3, 0.4) is 0 Å². The van der Waals surface area contributed by atoms with E-state index in [1.165, 1.54) is 0 Å². The van der Waals surface area contributed by atoms with E-state index < -0.39 is 0 Å². The lowest BCUT2D eigenvalue weighted by molar-refractivity contribution is 0.858. The zero-order valence-corrected chi connectivity index (χ0v) is 15.7. The molecule has 2 aromatic heterocycles. The molecule has 0 fully saturated rings. The molecule has 0 bridgehead atoms. The molecule has 0 saturated carbocycles. The topological polar surface area (TPSA) is 147 Å². The molecular weight excluding hydrogens is 352 g/mol. The van der Waals surface area contributed by atoms with Crippen LogP contribution in [-0.4, -0.2) is 19.9 Å². The first kappa shape index (κ1) is 18.6. The Hall–Kier alpha value is -4.14. The lowest BCUT2D eigenvalue weighted by Gasteiger charge is -2.18. The van der Waals surface area contributed by atoms with Gasteiger partial charge < -0.3 is 0 Å². The highest BCUT2D eigenvalue weighted by molar-refractivity contribution is 6.00. The summed E-state index contributed by atoms with van der Waals surface area (Å²) in [7, 11) is 0. The summed E-state index contributed by atoms with van der Waals surface area (Å²) in [6, 6.07) is 7.66. The Bertz CT molecular complexity index is 1110. The molecule has 0 unspecified atom stereocenters. The van der Waals surface area contributed by atoms with Crippen molar-refractivity contribution in [3.8, 4) is 24.3 Å². The highest BCUT2D eigenvalue weighted by Gasteiger charge is 2.25. The number of nitriles is 4. The number of hydrogen-bond acceptors (Lipinski definition) is 8. The Morgan fingerprint density at radius 2 is 0.714 bits per heavy atom. The van der Waals surface area contributed by atoms with Crippen molar-refractivity contribution in [1.29, 1.82) is 21.0 Å². The molecule has 0 N–H and O–H groups in total. The molecule has 0 radical (unpaired) electrons. The van der Waals surface area contributed by atoms with E-state index in [9.17, 15) is 21.0 Å². The molecule has 2 heterocycles. The van der Waals surface area contributed by atoms with Gasteiger partial charge in [0.25, 0.3) is 0 Å². The molecule has 1 aromatic carbocycles. The molecule has 0 aliphatic rings. The number of aromatic nitrogens is 4. The fourth-order valence-electron chi connectivity index (χ4n) is 3.25. The second-order valence-electron chi connectivity index (χ2n) is 6.82. The Morgan fingerprint density at radius 1 is 0.500 bits per heavy atom. The monoisotopic (exact) mass is 366 g/mol. The molecule has 28 heavy (non-hydrogen) atoms. The summed E-state index contributed by atoms with van der Waals surface area (Å²) < 4.78 is 0. The smallest absolute Gasteiger partial charge is 0.177 e. The average Bonchev–Trinajstić information content (AvgIpc) is 2.68. The van der Waals surface area contributed by atoms with Crippen molar-refractivity contribution in [2.24, 2.45) is 0 Å². The van der Waals surface area contributed by atoms with Crippen LogP contribution in [-0.2, 0) is 0 Å². The van der Waals surface area contributed by atoms with Gasteiger partial charge in [0.1, 0.15) is 24.3 Å². The minimum atomic E-state index is -0.0752. The van der Waals surface area contributed by atoms with Gasteiger partial charge in [-0.25, -0.2) is 19.9 Å². The third-order valence-corrected chi connectivity index (χ3v) is 4.39. The molecular formula is C20H14N8. The van der Waals surface area contributed by atoms with E-state index in [0.29, 0.717) is 33.2 Å². The van der Waals surface area contributed by atoms with Crippen molar-refractivity contribution in [3.63, 3.8) is 0 Å². The van der Waals surface area contributed by atoms with Crippen LogP contribution in [0, 0.1) is 45.3 Å². The fourth-order valence-corrected chi connectivity index (χ4v) is 3.25.